The predicted molar refractivity (Wildman–Crippen MR) is 114 cm³/mol. The molecule has 0 bridgehead atoms. The molecule has 1 heterocycles. The molecular formula is C19H23BrN2O6S. The summed E-state index contributed by atoms with van der Waals surface area (Å²) in [6, 6.07) is 5.16. The lowest BCUT2D eigenvalue weighted by Crippen LogP contribution is -2.17. The third kappa shape index (κ3) is 5.89. The first kappa shape index (κ1) is 23.1. The van der Waals surface area contributed by atoms with Crippen molar-refractivity contribution in [3.05, 3.63) is 55.8 Å². The van der Waals surface area contributed by atoms with Crippen molar-refractivity contribution in [3.63, 3.8) is 0 Å². The summed E-state index contributed by atoms with van der Waals surface area (Å²) in [7, 11) is -1.85. The van der Waals surface area contributed by atoms with E-state index in [1.807, 2.05) is 6.92 Å². The Labute approximate surface area is 178 Å². The molecule has 29 heavy (non-hydrogen) atoms. The van der Waals surface area contributed by atoms with Crippen LogP contribution in [0.5, 0.6) is 11.5 Å². The average molecular weight is 487 g/mol. The van der Waals surface area contributed by atoms with Crippen LogP contribution in [0.2, 0.25) is 0 Å². The number of sulfone groups is 1. The third-order valence-corrected chi connectivity index (χ3v) is 6.21. The van der Waals surface area contributed by atoms with Gasteiger partial charge >= 0.3 is 0 Å². The molecule has 158 valence electrons. The van der Waals surface area contributed by atoms with Gasteiger partial charge in [-0.15, -0.1) is 0 Å². The minimum atomic E-state index is -3.36. The predicted octanol–water partition coefficient (Wildman–Crippen LogP) is 3.84. The van der Waals surface area contributed by atoms with E-state index in [4.69, 9.17) is 9.47 Å². The topological polar surface area (TPSA) is 109 Å². The second-order valence-corrected chi connectivity index (χ2v) is 9.66. The summed E-state index contributed by atoms with van der Waals surface area (Å²) in [5.74, 6) is 0.290. The van der Waals surface area contributed by atoms with E-state index in [1.165, 1.54) is 13.3 Å². The molecular weight excluding hydrogens is 464 g/mol. The Kier molecular flexibility index (Phi) is 7.59. The van der Waals surface area contributed by atoms with E-state index in [0.29, 0.717) is 33.7 Å². The minimum absolute atomic E-state index is 0.0927. The van der Waals surface area contributed by atoms with Crippen molar-refractivity contribution in [2.45, 2.75) is 26.2 Å². The summed E-state index contributed by atoms with van der Waals surface area (Å²) in [6.07, 6.45) is 2.73. The summed E-state index contributed by atoms with van der Waals surface area (Å²) >= 11 is 3.26. The maximum Gasteiger partial charge on any atom is 0.294 e. The van der Waals surface area contributed by atoms with E-state index >= 15 is 0 Å². The van der Waals surface area contributed by atoms with Crippen molar-refractivity contribution in [1.82, 2.24) is 4.98 Å². The molecule has 0 saturated carbocycles. The molecule has 0 aliphatic heterocycles. The number of hydrogen-bond acceptors (Lipinski definition) is 7. The Bertz CT molecular complexity index is 1010. The van der Waals surface area contributed by atoms with Crippen molar-refractivity contribution in [2.75, 3.05) is 25.7 Å². The normalized spacial score (nSPS) is 12.4. The van der Waals surface area contributed by atoms with Crippen LogP contribution in [-0.4, -0.2) is 44.1 Å². The van der Waals surface area contributed by atoms with Crippen molar-refractivity contribution in [3.8, 4) is 11.5 Å². The van der Waals surface area contributed by atoms with Crippen molar-refractivity contribution >= 4 is 31.5 Å². The molecule has 10 heteroatoms. The highest BCUT2D eigenvalue weighted by Crippen LogP contribution is 2.35. The second kappa shape index (κ2) is 9.53. The lowest BCUT2D eigenvalue weighted by Gasteiger charge is -2.19. The Balaban J connectivity index is 2.55. The van der Waals surface area contributed by atoms with Crippen LogP contribution in [0.4, 0.5) is 5.69 Å². The van der Waals surface area contributed by atoms with Crippen LogP contribution in [0.25, 0.3) is 0 Å². The fraction of sp³-hybridized carbons (Fsp3) is 0.421. The number of aromatic nitrogens is 1. The third-order valence-electron chi connectivity index (χ3n) is 4.41. The summed E-state index contributed by atoms with van der Waals surface area (Å²) < 4.78 is 35.5. The molecule has 8 nitrogen and oxygen atoms in total. The number of halogens is 1. The SMILES string of the molecule is CCOc1cc([C@H](Cc2ncc(Br)c(C)c2[N+](=O)[O-])CS(C)(=O)=O)ccc1OC. The quantitative estimate of drug-likeness (QED) is 0.391. The first-order valence-electron chi connectivity index (χ1n) is 8.84. The molecule has 0 amide bonds. The van der Waals surface area contributed by atoms with Gasteiger partial charge in [-0.25, -0.2) is 8.42 Å². The van der Waals surface area contributed by atoms with Crippen LogP contribution < -0.4 is 9.47 Å². The average Bonchev–Trinajstić information content (AvgIpc) is 2.63. The molecule has 2 aromatic rings. The zero-order chi connectivity index (χ0) is 21.8. The highest BCUT2D eigenvalue weighted by molar-refractivity contribution is 9.10. The Morgan fingerprint density at radius 1 is 1.31 bits per heavy atom. The minimum Gasteiger partial charge on any atom is -0.493 e. The van der Waals surface area contributed by atoms with Crippen LogP contribution in [0, 0.1) is 17.0 Å². The van der Waals surface area contributed by atoms with Crippen LogP contribution in [-0.2, 0) is 16.3 Å². The van der Waals surface area contributed by atoms with Crippen LogP contribution in [0.15, 0.2) is 28.9 Å². The standard InChI is InChI=1S/C19H23BrN2O6S/c1-5-28-18-9-13(6-7-17(18)27-3)14(11-29(4,25)26)8-16-19(22(23)24)12(2)15(20)10-21-16/h6-7,9-10,14H,5,8,11H2,1-4H3/t14-/m1/s1. The van der Waals surface area contributed by atoms with Crippen LogP contribution >= 0.6 is 15.9 Å². The summed E-state index contributed by atoms with van der Waals surface area (Å²) in [5.41, 5.74) is 1.24. The van der Waals surface area contributed by atoms with Gasteiger partial charge in [0, 0.05) is 34.8 Å². The van der Waals surface area contributed by atoms with Gasteiger partial charge in [-0.3, -0.25) is 15.1 Å². The number of rotatable bonds is 9. The van der Waals surface area contributed by atoms with E-state index in [0.717, 1.165) is 6.26 Å². The van der Waals surface area contributed by atoms with Gasteiger partial charge in [-0.1, -0.05) is 6.07 Å². The van der Waals surface area contributed by atoms with Crippen molar-refractivity contribution in [2.24, 2.45) is 0 Å². The number of pyridine rings is 1. The van der Waals surface area contributed by atoms with E-state index in [1.54, 1.807) is 25.1 Å². The molecule has 1 aromatic carbocycles. The largest absolute Gasteiger partial charge is 0.493 e. The molecule has 2 rings (SSSR count). The number of ether oxygens (including phenoxy) is 2. The molecule has 1 atom stereocenters. The Hall–Kier alpha value is -2.20. The van der Waals surface area contributed by atoms with Crippen molar-refractivity contribution in [1.29, 1.82) is 0 Å². The lowest BCUT2D eigenvalue weighted by atomic mass is 9.94. The van der Waals surface area contributed by atoms with E-state index in [-0.39, 0.29) is 23.6 Å². The van der Waals surface area contributed by atoms with Gasteiger partial charge in [-0.05, 0) is 47.5 Å². The molecule has 0 spiro atoms. The summed E-state index contributed by atoms with van der Waals surface area (Å²) in [4.78, 5) is 15.3. The van der Waals surface area contributed by atoms with Gasteiger partial charge in [0.25, 0.3) is 5.69 Å². The van der Waals surface area contributed by atoms with Gasteiger partial charge in [0.2, 0.25) is 0 Å². The molecule has 0 fully saturated rings. The first-order chi connectivity index (χ1) is 13.6. The van der Waals surface area contributed by atoms with Gasteiger partial charge in [-0.2, -0.15) is 0 Å². The van der Waals surface area contributed by atoms with E-state index < -0.39 is 20.7 Å². The Morgan fingerprint density at radius 3 is 2.55 bits per heavy atom. The first-order valence-corrected chi connectivity index (χ1v) is 11.7. The van der Waals surface area contributed by atoms with Gasteiger partial charge in [0.1, 0.15) is 15.5 Å². The fourth-order valence-corrected chi connectivity index (χ4v) is 4.43. The smallest absolute Gasteiger partial charge is 0.294 e. The molecule has 0 aliphatic carbocycles. The number of benzene rings is 1. The second-order valence-electron chi connectivity index (χ2n) is 6.62. The van der Waals surface area contributed by atoms with Gasteiger partial charge in [0.05, 0.1) is 24.4 Å². The highest BCUT2D eigenvalue weighted by Gasteiger charge is 2.27. The fourth-order valence-electron chi connectivity index (χ4n) is 3.10. The molecule has 0 N–H and O–H groups in total. The number of methoxy groups -OCH3 is 1. The molecule has 0 saturated heterocycles. The van der Waals surface area contributed by atoms with Gasteiger partial charge in [0.15, 0.2) is 11.5 Å². The van der Waals surface area contributed by atoms with E-state index in [2.05, 4.69) is 20.9 Å². The zero-order valence-corrected chi connectivity index (χ0v) is 19.0. The number of hydrogen-bond donors (Lipinski definition) is 0. The Morgan fingerprint density at radius 2 is 2.00 bits per heavy atom. The van der Waals surface area contributed by atoms with Gasteiger partial charge < -0.3 is 9.47 Å². The molecule has 1 aromatic heterocycles. The van der Waals surface area contributed by atoms with Crippen LogP contribution in [0.1, 0.15) is 29.7 Å². The van der Waals surface area contributed by atoms with Crippen LogP contribution in [0.3, 0.4) is 0 Å². The maximum atomic E-state index is 12.1. The molecule has 0 aliphatic rings. The maximum absolute atomic E-state index is 12.1. The van der Waals surface area contributed by atoms with E-state index in [9.17, 15) is 18.5 Å². The molecule has 0 radical (unpaired) electrons. The molecule has 0 unspecified atom stereocenters. The number of nitrogens with zero attached hydrogens (tertiary/aromatic N) is 2. The number of nitro groups is 1. The van der Waals surface area contributed by atoms with Crippen molar-refractivity contribution < 1.29 is 22.8 Å². The zero-order valence-electron chi connectivity index (χ0n) is 16.6. The summed E-state index contributed by atoms with van der Waals surface area (Å²) in [6.45, 7) is 3.87. The monoisotopic (exact) mass is 486 g/mol. The summed E-state index contributed by atoms with van der Waals surface area (Å²) in [5, 5.41) is 11.6. The highest BCUT2D eigenvalue weighted by atomic mass is 79.9. The lowest BCUT2D eigenvalue weighted by molar-refractivity contribution is -0.386.